The van der Waals surface area contributed by atoms with Gasteiger partial charge in [-0.25, -0.2) is 9.59 Å². The van der Waals surface area contributed by atoms with Crippen molar-refractivity contribution >= 4 is 23.7 Å². The van der Waals surface area contributed by atoms with Crippen LogP contribution in [0.25, 0.3) is 0 Å². The van der Waals surface area contributed by atoms with Gasteiger partial charge in [-0.3, -0.25) is 4.79 Å². The molecule has 0 aliphatic rings. The van der Waals surface area contributed by atoms with E-state index in [2.05, 4.69) is 10.1 Å². The van der Waals surface area contributed by atoms with Crippen LogP contribution in [-0.2, 0) is 14.3 Å². The maximum absolute atomic E-state index is 11.8. The number of benzene rings is 1. The average Bonchev–Trinajstić information content (AvgIpc) is 2.46. The van der Waals surface area contributed by atoms with Crippen LogP contribution in [0.4, 0.5) is 10.5 Å². The summed E-state index contributed by atoms with van der Waals surface area (Å²) in [6.07, 6.45) is 0. The van der Waals surface area contributed by atoms with Crippen molar-refractivity contribution in [1.29, 1.82) is 0 Å². The Morgan fingerprint density at radius 1 is 1.24 bits per heavy atom. The molecule has 114 valence electrons. The lowest BCUT2D eigenvalue weighted by molar-refractivity contribution is -0.141. The van der Waals surface area contributed by atoms with Gasteiger partial charge in [-0.1, -0.05) is 0 Å². The lowest BCUT2D eigenvalue weighted by atomic mass is 10.3. The van der Waals surface area contributed by atoms with E-state index in [1.54, 1.807) is 12.1 Å². The van der Waals surface area contributed by atoms with Gasteiger partial charge in [0.15, 0.2) is 6.61 Å². The SMILES string of the molecule is COC(=O)CN(C)C(=O)Nc1ccc(OCC(=O)O)cc1. The van der Waals surface area contributed by atoms with Crippen molar-refractivity contribution in [2.45, 2.75) is 0 Å². The van der Waals surface area contributed by atoms with Crippen LogP contribution >= 0.6 is 0 Å². The number of amides is 2. The van der Waals surface area contributed by atoms with E-state index < -0.39 is 24.6 Å². The van der Waals surface area contributed by atoms with E-state index in [-0.39, 0.29) is 6.54 Å². The molecule has 0 fully saturated rings. The highest BCUT2D eigenvalue weighted by molar-refractivity contribution is 5.91. The number of ether oxygens (including phenoxy) is 2. The van der Waals surface area contributed by atoms with E-state index in [0.29, 0.717) is 11.4 Å². The van der Waals surface area contributed by atoms with Crippen molar-refractivity contribution in [2.75, 3.05) is 32.6 Å². The molecule has 0 radical (unpaired) electrons. The van der Waals surface area contributed by atoms with Crippen LogP contribution in [0.5, 0.6) is 5.75 Å². The van der Waals surface area contributed by atoms with E-state index in [0.717, 1.165) is 0 Å². The molecule has 0 aliphatic heterocycles. The molecule has 1 aromatic carbocycles. The van der Waals surface area contributed by atoms with Crippen molar-refractivity contribution in [3.05, 3.63) is 24.3 Å². The standard InChI is InChI=1S/C13H16N2O6/c1-15(7-12(18)20-2)13(19)14-9-3-5-10(6-4-9)21-8-11(16)17/h3-6H,7-8H2,1-2H3,(H,14,19)(H,16,17). The van der Waals surface area contributed by atoms with Gasteiger partial charge in [-0.15, -0.1) is 0 Å². The van der Waals surface area contributed by atoms with Gasteiger partial charge in [-0.05, 0) is 24.3 Å². The lowest BCUT2D eigenvalue weighted by Crippen LogP contribution is -2.35. The van der Waals surface area contributed by atoms with Gasteiger partial charge >= 0.3 is 18.0 Å². The van der Waals surface area contributed by atoms with Crippen LogP contribution in [0, 0.1) is 0 Å². The maximum Gasteiger partial charge on any atom is 0.341 e. The van der Waals surface area contributed by atoms with Crippen LogP contribution in [0.3, 0.4) is 0 Å². The van der Waals surface area contributed by atoms with E-state index in [9.17, 15) is 14.4 Å². The fraction of sp³-hybridized carbons (Fsp3) is 0.308. The number of anilines is 1. The largest absolute Gasteiger partial charge is 0.482 e. The highest BCUT2D eigenvalue weighted by atomic mass is 16.5. The molecule has 0 spiro atoms. The molecular weight excluding hydrogens is 280 g/mol. The third kappa shape index (κ3) is 5.81. The first-order valence-electron chi connectivity index (χ1n) is 5.96. The van der Waals surface area contributed by atoms with E-state index >= 15 is 0 Å². The number of rotatable bonds is 6. The number of aliphatic carboxylic acids is 1. The van der Waals surface area contributed by atoms with Crippen molar-refractivity contribution in [2.24, 2.45) is 0 Å². The van der Waals surface area contributed by atoms with Crippen molar-refractivity contribution in [3.63, 3.8) is 0 Å². The minimum atomic E-state index is -1.07. The van der Waals surface area contributed by atoms with Crippen molar-refractivity contribution in [1.82, 2.24) is 4.90 Å². The topological polar surface area (TPSA) is 105 Å². The Balaban J connectivity index is 2.53. The molecule has 1 aromatic rings. The number of hydrogen-bond donors (Lipinski definition) is 2. The van der Waals surface area contributed by atoms with Gasteiger partial charge in [0.1, 0.15) is 12.3 Å². The number of hydrogen-bond acceptors (Lipinski definition) is 5. The smallest absolute Gasteiger partial charge is 0.341 e. The second-order valence-electron chi connectivity index (χ2n) is 4.07. The van der Waals surface area contributed by atoms with Crippen LogP contribution in [-0.4, -0.2) is 55.3 Å². The molecule has 8 nitrogen and oxygen atoms in total. The first-order valence-corrected chi connectivity index (χ1v) is 5.96. The Morgan fingerprint density at radius 2 is 1.86 bits per heavy atom. The zero-order valence-corrected chi connectivity index (χ0v) is 11.7. The second kappa shape index (κ2) is 7.73. The predicted octanol–water partition coefficient (Wildman–Crippen LogP) is 0.787. The molecule has 0 saturated carbocycles. The van der Waals surface area contributed by atoms with Gasteiger partial charge in [-0.2, -0.15) is 0 Å². The van der Waals surface area contributed by atoms with Gasteiger partial charge in [0.25, 0.3) is 0 Å². The Kier molecular flexibility index (Phi) is 5.99. The van der Waals surface area contributed by atoms with Crippen LogP contribution in [0.2, 0.25) is 0 Å². The normalized spacial score (nSPS) is 9.62. The molecule has 21 heavy (non-hydrogen) atoms. The monoisotopic (exact) mass is 296 g/mol. The average molecular weight is 296 g/mol. The number of esters is 1. The first kappa shape index (κ1) is 16.3. The summed E-state index contributed by atoms with van der Waals surface area (Å²) in [6, 6.07) is 5.69. The Hall–Kier alpha value is -2.77. The third-order valence-electron chi connectivity index (χ3n) is 2.41. The molecule has 0 bridgehead atoms. The van der Waals surface area contributed by atoms with Crippen molar-refractivity contribution < 1.29 is 29.0 Å². The van der Waals surface area contributed by atoms with Gasteiger partial charge < -0.3 is 24.8 Å². The second-order valence-corrected chi connectivity index (χ2v) is 4.07. The maximum atomic E-state index is 11.8. The van der Waals surface area contributed by atoms with Crippen LogP contribution < -0.4 is 10.1 Å². The molecular formula is C13H16N2O6. The van der Waals surface area contributed by atoms with Crippen LogP contribution in [0.1, 0.15) is 0 Å². The number of carbonyl (C=O) groups is 3. The molecule has 2 amide bonds. The van der Waals surface area contributed by atoms with Gasteiger partial charge in [0.2, 0.25) is 0 Å². The molecule has 8 heteroatoms. The van der Waals surface area contributed by atoms with Crippen LogP contribution in [0.15, 0.2) is 24.3 Å². The summed E-state index contributed by atoms with van der Waals surface area (Å²) in [5.41, 5.74) is 0.486. The third-order valence-corrected chi connectivity index (χ3v) is 2.41. The number of urea groups is 1. The number of methoxy groups -OCH3 is 1. The Bertz CT molecular complexity index is 514. The van der Waals surface area contributed by atoms with E-state index in [4.69, 9.17) is 9.84 Å². The number of likely N-dealkylation sites (N-methyl/N-ethyl adjacent to an activating group) is 1. The summed E-state index contributed by atoms with van der Waals surface area (Å²) < 4.78 is 9.42. The van der Waals surface area contributed by atoms with E-state index in [1.807, 2.05) is 0 Å². The Labute approximate surface area is 121 Å². The minimum Gasteiger partial charge on any atom is -0.482 e. The number of carboxylic acid groups (broad SMARTS) is 1. The zero-order chi connectivity index (χ0) is 15.8. The molecule has 0 unspecified atom stereocenters. The number of carbonyl (C=O) groups excluding carboxylic acids is 2. The molecule has 2 N–H and O–H groups in total. The van der Waals surface area contributed by atoms with Crippen molar-refractivity contribution in [3.8, 4) is 5.75 Å². The summed E-state index contributed by atoms with van der Waals surface area (Å²) in [5.74, 6) is -1.22. The highest BCUT2D eigenvalue weighted by Gasteiger charge is 2.13. The number of nitrogens with one attached hydrogen (secondary N) is 1. The number of nitrogens with zero attached hydrogens (tertiary/aromatic N) is 1. The van der Waals surface area contributed by atoms with E-state index in [1.165, 1.54) is 31.2 Å². The quantitative estimate of drug-likeness (QED) is 0.752. The fourth-order valence-electron chi connectivity index (χ4n) is 1.33. The zero-order valence-electron chi connectivity index (χ0n) is 11.7. The summed E-state index contributed by atoms with van der Waals surface area (Å²) in [7, 11) is 2.69. The molecule has 0 aliphatic carbocycles. The summed E-state index contributed by atoms with van der Waals surface area (Å²) in [6.45, 7) is -0.601. The fourth-order valence-corrected chi connectivity index (χ4v) is 1.33. The van der Waals surface area contributed by atoms with Gasteiger partial charge in [0.05, 0.1) is 7.11 Å². The molecule has 0 atom stereocenters. The molecule has 0 saturated heterocycles. The van der Waals surface area contributed by atoms with Gasteiger partial charge in [0, 0.05) is 12.7 Å². The molecule has 0 aromatic heterocycles. The first-order chi connectivity index (χ1) is 9.92. The summed E-state index contributed by atoms with van der Waals surface area (Å²) >= 11 is 0. The lowest BCUT2D eigenvalue weighted by Gasteiger charge is -2.16. The minimum absolute atomic E-state index is 0.165. The highest BCUT2D eigenvalue weighted by Crippen LogP contribution is 2.15. The summed E-state index contributed by atoms with van der Waals surface area (Å²) in [4.78, 5) is 34.3. The molecule has 0 heterocycles. The summed E-state index contributed by atoms with van der Waals surface area (Å²) in [5, 5.41) is 11.0. The Morgan fingerprint density at radius 3 is 2.38 bits per heavy atom. The number of carboxylic acids is 1. The molecule has 1 rings (SSSR count). The predicted molar refractivity (Wildman–Crippen MR) is 73.2 cm³/mol.